The molecule has 0 bridgehead atoms. The normalized spacial score (nSPS) is 21.1. The Kier molecular flexibility index (Phi) is 11.3. The summed E-state index contributed by atoms with van der Waals surface area (Å²) in [7, 11) is 0. The minimum atomic E-state index is -2.29. The first-order valence-corrected chi connectivity index (χ1v) is 19.5. The second kappa shape index (κ2) is 16.5. The minimum Gasteiger partial charge on any atom is -0.485 e. The summed E-state index contributed by atoms with van der Waals surface area (Å²) in [6.07, 6.45) is 0.345. The molecule has 304 valence electrons. The standard InChI is InChI=1S/C42H40N6O10S/c1-41(2)42(39(54)55,48-35(51)33(43-25-49)38(48)59-41)45-34(50)32(28-16-10-5-11-17-28)44-40(56)47-21-20-46(36(52)37(47)53)29-18-19-30(57-23-26-12-6-3-7-13-26)31(22-29)58-24-27-14-8-4-9-15-27/h3-19,22,25,32-33,38H,20-21,23-24H2,1-2H3,(H,43,49)(H,44,56)(H,45,50)(H,54,55)/t32?,33-,38-,42+/m1/s1. The predicted molar refractivity (Wildman–Crippen MR) is 214 cm³/mol. The van der Waals surface area contributed by atoms with Crippen molar-refractivity contribution in [3.8, 4) is 11.5 Å². The van der Waals surface area contributed by atoms with Crippen molar-refractivity contribution in [2.75, 3.05) is 18.0 Å². The van der Waals surface area contributed by atoms with Crippen LogP contribution in [0, 0.1) is 0 Å². The van der Waals surface area contributed by atoms with Crippen LogP contribution in [0.1, 0.15) is 36.6 Å². The zero-order valence-corrected chi connectivity index (χ0v) is 32.7. The summed E-state index contributed by atoms with van der Waals surface area (Å²) < 4.78 is 10.9. The Morgan fingerprint density at radius 2 is 1.42 bits per heavy atom. The molecule has 3 heterocycles. The summed E-state index contributed by atoms with van der Waals surface area (Å²) in [5.41, 5.74) is 0.0727. The topological polar surface area (TPSA) is 204 Å². The molecular weight excluding hydrogens is 781 g/mol. The molecule has 3 fully saturated rings. The Balaban J connectivity index is 1.09. The first kappa shape index (κ1) is 40.3. The number of imide groups is 1. The zero-order valence-electron chi connectivity index (χ0n) is 31.9. The van der Waals surface area contributed by atoms with E-state index in [1.807, 2.05) is 60.7 Å². The van der Waals surface area contributed by atoms with Gasteiger partial charge < -0.3 is 35.4 Å². The molecule has 0 radical (unpaired) electrons. The van der Waals surface area contributed by atoms with Crippen molar-refractivity contribution in [3.63, 3.8) is 0 Å². The molecule has 0 saturated carbocycles. The summed E-state index contributed by atoms with van der Waals surface area (Å²) in [5, 5.41) is 17.2. The van der Waals surface area contributed by atoms with Gasteiger partial charge in [-0.05, 0) is 42.7 Å². The van der Waals surface area contributed by atoms with Crippen LogP contribution in [0.3, 0.4) is 0 Å². The van der Waals surface area contributed by atoms with E-state index in [1.165, 1.54) is 17.0 Å². The number of rotatable bonds is 14. The molecule has 4 aromatic rings. The smallest absolute Gasteiger partial charge is 0.352 e. The van der Waals surface area contributed by atoms with Gasteiger partial charge in [-0.1, -0.05) is 91.0 Å². The number of fused-ring (bicyclic) bond motifs is 1. The first-order valence-electron chi connectivity index (χ1n) is 18.6. The quantitative estimate of drug-likeness (QED) is 0.0827. The fourth-order valence-electron chi connectivity index (χ4n) is 7.31. The number of anilines is 1. The number of β-lactam (4-membered cyclic amide) rings is 1. The Hall–Kier alpha value is -6.88. The van der Waals surface area contributed by atoms with Crippen molar-refractivity contribution in [2.45, 2.75) is 54.9 Å². The third kappa shape index (κ3) is 7.63. The van der Waals surface area contributed by atoms with Gasteiger partial charge in [0.05, 0.1) is 4.75 Å². The maximum absolute atomic E-state index is 14.2. The summed E-state index contributed by atoms with van der Waals surface area (Å²) in [6, 6.07) is 28.1. The average molecular weight is 821 g/mol. The number of nitrogens with zero attached hydrogens (tertiary/aromatic N) is 3. The average Bonchev–Trinajstić information content (AvgIpc) is 3.45. The fraction of sp³-hybridized carbons (Fsp3) is 0.262. The lowest BCUT2D eigenvalue weighted by Gasteiger charge is -2.49. The number of thioether (sulfide) groups is 1. The lowest BCUT2D eigenvalue weighted by Crippen LogP contribution is -2.80. The van der Waals surface area contributed by atoms with Crippen LogP contribution in [0.25, 0.3) is 0 Å². The number of carbonyl (C=O) groups is 7. The van der Waals surface area contributed by atoms with E-state index in [1.54, 1.807) is 50.2 Å². The molecule has 59 heavy (non-hydrogen) atoms. The largest absolute Gasteiger partial charge is 0.485 e. The van der Waals surface area contributed by atoms with E-state index in [0.29, 0.717) is 28.5 Å². The Morgan fingerprint density at radius 3 is 2.02 bits per heavy atom. The highest BCUT2D eigenvalue weighted by molar-refractivity contribution is 8.01. The number of aliphatic carboxylic acids is 1. The molecule has 3 saturated heterocycles. The van der Waals surface area contributed by atoms with Crippen molar-refractivity contribution < 1.29 is 48.1 Å². The molecule has 4 atom stereocenters. The number of nitrogens with one attached hydrogen (secondary N) is 3. The number of carbonyl (C=O) groups excluding carboxylic acids is 6. The lowest BCUT2D eigenvalue weighted by atomic mass is 9.88. The highest BCUT2D eigenvalue weighted by Crippen LogP contribution is 2.55. The van der Waals surface area contributed by atoms with E-state index < -0.39 is 63.5 Å². The molecule has 7 rings (SSSR count). The number of urea groups is 1. The van der Waals surface area contributed by atoms with Gasteiger partial charge in [-0.25, -0.2) is 9.59 Å². The monoisotopic (exact) mass is 820 g/mol. The number of ether oxygens (including phenoxy) is 2. The number of benzene rings is 4. The Labute approximate surface area is 342 Å². The van der Waals surface area contributed by atoms with Crippen molar-refractivity contribution in [3.05, 3.63) is 126 Å². The Morgan fingerprint density at radius 1 is 0.831 bits per heavy atom. The Bertz CT molecular complexity index is 2280. The molecule has 16 nitrogen and oxygen atoms in total. The van der Waals surface area contributed by atoms with E-state index in [4.69, 9.17) is 9.47 Å². The molecular formula is C42H40N6O10S. The van der Waals surface area contributed by atoms with Crippen LogP contribution in [0.4, 0.5) is 10.5 Å². The van der Waals surface area contributed by atoms with Crippen LogP contribution in [-0.2, 0) is 42.0 Å². The number of amides is 7. The van der Waals surface area contributed by atoms with Gasteiger partial charge in [-0.2, -0.15) is 0 Å². The summed E-state index contributed by atoms with van der Waals surface area (Å²) >= 11 is 1.09. The highest BCUT2D eigenvalue weighted by atomic mass is 32.2. The van der Waals surface area contributed by atoms with Crippen molar-refractivity contribution in [2.24, 2.45) is 0 Å². The SMILES string of the molecule is CC1(C)S[C@@H]2[C@H](NC=O)C(=O)N2[C@@]1(NC(=O)C(NC(=O)N1CCN(c2ccc(OCc3ccccc3)c(OCc3ccccc3)c2)C(=O)C1=O)c1ccccc1)C(=O)O. The van der Waals surface area contributed by atoms with Crippen LogP contribution < -0.4 is 30.3 Å². The molecule has 4 aromatic carbocycles. The van der Waals surface area contributed by atoms with Crippen LogP contribution in [0.2, 0.25) is 0 Å². The fourth-order valence-corrected chi connectivity index (χ4v) is 9.02. The molecule has 7 amide bonds. The van der Waals surface area contributed by atoms with E-state index in [0.717, 1.165) is 27.8 Å². The van der Waals surface area contributed by atoms with Crippen molar-refractivity contribution in [1.29, 1.82) is 0 Å². The van der Waals surface area contributed by atoms with Gasteiger partial charge in [0.2, 0.25) is 18.0 Å². The number of carboxylic acid groups (broad SMARTS) is 1. The van der Waals surface area contributed by atoms with Crippen molar-refractivity contribution >= 4 is 59.5 Å². The van der Waals surface area contributed by atoms with Crippen LogP contribution in [0.5, 0.6) is 11.5 Å². The van der Waals surface area contributed by atoms with Gasteiger partial charge in [0.25, 0.3) is 5.91 Å². The number of hydrogen-bond acceptors (Lipinski definition) is 10. The van der Waals surface area contributed by atoms with E-state index >= 15 is 0 Å². The van der Waals surface area contributed by atoms with E-state index in [2.05, 4.69) is 16.0 Å². The predicted octanol–water partition coefficient (Wildman–Crippen LogP) is 3.18. The maximum Gasteiger partial charge on any atom is 0.352 e. The van der Waals surface area contributed by atoms with Crippen LogP contribution in [-0.4, -0.2) is 91.9 Å². The molecule has 17 heteroatoms. The summed E-state index contributed by atoms with van der Waals surface area (Å²) in [4.78, 5) is 95.7. The van der Waals surface area contributed by atoms with Gasteiger partial charge >= 0.3 is 23.8 Å². The highest BCUT2D eigenvalue weighted by Gasteiger charge is 2.74. The van der Waals surface area contributed by atoms with E-state index in [9.17, 15) is 38.7 Å². The third-order valence-electron chi connectivity index (χ3n) is 10.4. The third-order valence-corrected chi connectivity index (χ3v) is 12.0. The van der Waals surface area contributed by atoms with Crippen LogP contribution >= 0.6 is 11.8 Å². The molecule has 3 aliphatic rings. The molecule has 1 unspecified atom stereocenters. The lowest BCUT2D eigenvalue weighted by molar-refractivity contribution is -0.176. The maximum atomic E-state index is 14.2. The van der Waals surface area contributed by atoms with Gasteiger partial charge in [-0.15, -0.1) is 11.8 Å². The minimum absolute atomic E-state index is 0.107. The number of hydrogen-bond donors (Lipinski definition) is 4. The molecule has 3 aliphatic heterocycles. The van der Waals surface area contributed by atoms with Gasteiger partial charge in [0.15, 0.2) is 11.5 Å². The van der Waals surface area contributed by atoms with Crippen molar-refractivity contribution in [1.82, 2.24) is 25.8 Å². The summed E-state index contributed by atoms with van der Waals surface area (Å²) in [6.45, 7) is 3.16. The summed E-state index contributed by atoms with van der Waals surface area (Å²) in [5.74, 6) is -4.71. The molecule has 0 spiro atoms. The molecule has 0 aromatic heterocycles. The first-order chi connectivity index (χ1) is 28.4. The number of carboxylic acids is 1. The van der Waals surface area contributed by atoms with Gasteiger partial charge in [0, 0.05) is 24.8 Å². The van der Waals surface area contributed by atoms with E-state index in [-0.39, 0.29) is 31.9 Å². The second-order valence-corrected chi connectivity index (χ2v) is 16.1. The number of piperazine rings is 1. The second-order valence-electron chi connectivity index (χ2n) is 14.4. The zero-order chi connectivity index (χ0) is 41.9. The van der Waals surface area contributed by atoms with Crippen LogP contribution in [0.15, 0.2) is 109 Å². The van der Waals surface area contributed by atoms with Gasteiger partial charge in [-0.3, -0.25) is 33.8 Å². The molecule has 0 aliphatic carbocycles. The molecule has 4 N–H and O–H groups in total. The van der Waals surface area contributed by atoms with Gasteiger partial charge in [0.1, 0.15) is 30.7 Å².